The maximum absolute atomic E-state index is 12.2. The number of hydrogen-bond donors (Lipinski definition) is 1. The van der Waals surface area contributed by atoms with Crippen LogP contribution in [0, 0.1) is 0 Å². The fraction of sp³-hybridized carbons (Fsp3) is 0.308. The second-order valence-electron chi connectivity index (χ2n) is 4.14. The van der Waals surface area contributed by atoms with Crippen LogP contribution in [0.1, 0.15) is 6.92 Å². The fourth-order valence-electron chi connectivity index (χ4n) is 2.05. The van der Waals surface area contributed by atoms with Crippen molar-refractivity contribution in [1.82, 2.24) is 9.13 Å². The van der Waals surface area contributed by atoms with Crippen LogP contribution < -0.4 is 5.69 Å². The van der Waals surface area contributed by atoms with Gasteiger partial charge in [-0.2, -0.15) is 0 Å². The van der Waals surface area contributed by atoms with Gasteiger partial charge >= 0.3 is 17.6 Å². The Morgan fingerprint density at radius 2 is 1.70 bits per heavy atom. The van der Waals surface area contributed by atoms with Gasteiger partial charge in [-0.3, -0.25) is 18.7 Å². The van der Waals surface area contributed by atoms with Gasteiger partial charge in [-0.05, 0) is 19.1 Å². The Balaban J connectivity index is 2.54. The molecule has 20 heavy (non-hydrogen) atoms. The monoisotopic (exact) mass is 278 g/mol. The summed E-state index contributed by atoms with van der Waals surface area (Å²) in [5.41, 5.74) is 0.442. The van der Waals surface area contributed by atoms with E-state index in [9.17, 15) is 14.4 Å². The molecule has 0 amide bonds. The molecule has 7 nitrogen and oxygen atoms in total. The summed E-state index contributed by atoms with van der Waals surface area (Å²) in [6.45, 7) is 1.21. The summed E-state index contributed by atoms with van der Waals surface area (Å²) >= 11 is 0. The minimum Gasteiger partial charge on any atom is -0.480 e. The highest BCUT2D eigenvalue weighted by Crippen LogP contribution is 2.12. The Morgan fingerprint density at radius 1 is 1.15 bits per heavy atom. The largest absolute Gasteiger partial charge is 0.480 e. The predicted molar refractivity (Wildman–Crippen MR) is 70.5 cm³/mol. The SMILES string of the molecule is CCOC(=O)Cn1c(=O)n(CC(=O)O)c2ccccc21. The van der Waals surface area contributed by atoms with Crippen molar-refractivity contribution >= 4 is 23.0 Å². The number of hydrogen-bond acceptors (Lipinski definition) is 4. The normalized spacial score (nSPS) is 10.7. The number of carboxylic acid groups (broad SMARTS) is 1. The van der Waals surface area contributed by atoms with Crippen molar-refractivity contribution in [1.29, 1.82) is 0 Å². The number of nitrogens with zero attached hydrogens (tertiary/aromatic N) is 2. The molecule has 0 aliphatic carbocycles. The fourth-order valence-corrected chi connectivity index (χ4v) is 2.05. The number of esters is 1. The third-order valence-corrected chi connectivity index (χ3v) is 2.81. The molecule has 1 N–H and O–H groups in total. The molecule has 0 aliphatic heterocycles. The van der Waals surface area contributed by atoms with Crippen LogP contribution in [-0.4, -0.2) is 32.8 Å². The van der Waals surface area contributed by atoms with Gasteiger partial charge in [0, 0.05) is 0 Å². The van der Waals surface area contributed by atoms with E-state index in [0.29, 0.717) is 11.0 Å². The third kappa shape index (κ3) is 2.56. The average Bonchev–Trinajstić information content (AvgIpc) is 2.65. The number of para-hydroxylation sites is 2. The van der Waals surface area contributed by atoms with Crippen molar-refractivity contribution in [3.8, 4) is 0 Å². The van der Waals surface area contributed by atoms with Gasteiger partial charge in [0.25, 0.3) is 0 Å². The molecule has 0 spiro atoms. The Kier molecular flexibility index (Phi) is 3.88. The second kappa shape index (κ2) is 5.60. The van der Waals surface area contributed by atoms with Crippen molar-refractivity contribution in [2.75, 3.05) is 6.61 Å². The lowest BCUT2D eigenvalue weighted by molar-refractivity contribution is -0.143. The third-order valence-electron chi connectivity index (χ3n) is 2.81. The number of carbonyl (C=O) groups is 2. The Hall–Kier alpha value is -2.57. The van der Waals surface area contributed by atoms with Gasteiger partial charge in [-0.1, -0.05) is 12.1 Å². The van der Waals surface area contributed by atoms with Gasteiger partial charge in [-0.25, -0.2) is 4.79 Å². The lowest BCUT2D eigenvalue weighted by Gasteiger charge is -2.02. The van der Waals surface area contributed by atoms with E-state index >= 15 is 0 Å². The van der Waals surface area contributed by atoms with E-state index in [4.69, 9.17) is 9.84 Å². The van der Waals surface area contributed by atoms with Crippen molar-refractivity contribution in [2.24, 2.45) is 0 Å². The standard InChI is InChI=1S/C13H14N2O5/c1-2-20-12(18)8-15-10-6-4-3-5-9(10)14(13(15)19)7-11(16)17/h3-6H,2,7-8H2,1H3,(H,16,17). The van der Waals surface area contributed by atoms with Crippen LogP contribution in [-0.2, 0) is 27.4 Å². The molecule has 0 aliphatic rings. The number of aliphatic carboxylic acids is 1. The Morgan fingerprint density at radius 3 is 2.20 bits per heavy atom. The lowest BCUT2D eigenvalue weighted by atomic mass is 10.3. The van der Waals surface area contributed by atoms with Crippen molar-refractivity contribution < 1.29 is 19.4 Å². The zero-order valence-corrected chi connectivity index (χ0v) is 10.9. The quantitative estimate of drug-likeness (QED) is 0.802. The van der Waals surface area contributed by atoms with Gasteiger partial charge in [0.05, 0.1) is 17.6 Å². The number of benzene rings is 1. The summed E-state index contributed by atoms with van der Waals surface area (Å²) in [5.74, 6) is -1.65. The number of imidazole rings is 1. The van der Waals surface area contributed by atoms with Crippen LogP contribution in [0.4, 0.5) is 0 Å². The number of aromatic nitrogens is 2. The van der Waals surface area contributed by atoms with Crippen LogP contribution in [0.15, 0.2) is 29.1 Å². The highest BCUT2D eigenvalue weighted by Gasteiger charge is 2.17. The van der Waals surface area contributed by atoms with Crippen LogP contribution >= 0.6 is 0 Å². The number of carbonyl (C=O) groups excluding carboxylic acids is 1. The summed E-state index contributed by atoms with van der Waals surface area (Å²) in [6, 6.07) is 6.72. The molecule has 1 heterocycles. The van der Waals surface area contributed by atoms with Gasteiger partial charge < -0.3 is 9.84 Å². The van der Waals surface area contributed by atoms with E-state index in [1.165, 1.54) is 4.57 Å². The molecule has 0 radical (unpaired) electrons. The maximum atomic E-state index is 12.2. The molecule has 0 saturated heterocycles. The summed E-state index contributed by atoms with van der Waals surface area (Å²) in [6.07, 6.45) is 0. The van der Waals surface area contributed by atoms with E-state index in [0.717, 1.165) is 4.57 Å². The summed E-state index contributed by atoms with van der Waals surface area (Å²) in [7, 11) is 0. The summed E-state index contributed by atoms with van der Waals surface area (Å²) < 4.78 is 7.16. The summed E-state index contributed by atoms with van der Waals surface area (Å²) in [4.78, 5) is 34.6. The van der Waals surface area contributed by atoms with Crippen LogP contribution in [0.3, 0.4) is 0 Å². The zero-order chi connectivity index (χ0) is 14.7. The smallest absolute Gasteiger partial charge is 0.330 e. The summed E-state index contributed by atoms with van der Waals surface area (Å²) in [5, 5.41) is 8.87. The van der Waals surface area contributed by atoms with Crippen molar-refractivity contribution in [3.05, 3.63) is 34.7 Å². The molecule has 2 rings (SSSR count). The van der Waals surface area contributed by atoms with Crippen molar-refractivity contribution in [3.63, 3.8) is 0 Å². The average molecular weight is 278 g/mol. The highest BCUT2D eigenvalue weighted by atomic mass is 16.5. The molecule has 0 atom stereocenters. The molecule has 0 fully saturated rings. The number of rotatable bonds is 5. The van der Waals surface area contributed by atoms with Gasteiger partial charge in [-0.15, -0.1) is 0 Å². The van der Waals surface area contributed by atoms with Gasteiger partial charge in [0.1, 0.15) is 13.1 Å². The first kappa shape index (κ1) is 13.9. The van der Waals surface area contributed by atoms with E-state index in [2.05, 4.69) is 0 Å². The van der Waals surface area contributed by atoms with Gasteiger partial charge in [0.15, 0.2) is 0 Å². The lowest BCUT2D eigenvalue weighted by Crippen LogP contribution is -2.29. The molecule has 0 saturated carbocycles. The Labute approximate surface area is 114 Å². The van der Waals surface area contributed by atoms with Crippen LogP contribution in [0.2, 0.25) is 0 Å². The molecule has 7 heteroatoms. The topological polar surface area (TPSA) is 90.5 Å². The number of fused-ring (bicyclic) bond motifs is 1. The zero-order valence-electron chi connectivity index (χ0n) is 10.9. The molecular weight excluding hydrogens is 264 g/mol. The van der Waals surface area contributed by atoms with Crippen molar-refractivity contribution in [2.45, 2.75) is 20.0 Å². The molecule has 106 valence electrons. The minimum atomic E-state index is -1.12. The molecule has 1 aromatic carbocycles. The molecule has 1 aromatic heterocycles. The molecule has 0 unspecified atom stereocenters. The maximum Gasteiger partial charge on any atom is 0.330 e. The van der Waals surface area contributed by atoms with Crippen LogP contribution in [0.5, 0.6) is 0 Å². The molecular formula is C13H14N2O5. The van der Waals surface area contributed by atoms with Gasteiger partial charge in [0.2, 0.25) is 0 Å². The second-order valence-corrected chi connectivity index (χ2v) is 4.14. The highest BCUT2D eigenvalue weighted by molar-refractivity contribution is 5.80. The predicted octanol–water partition coefficient (Wildman–Crippen LogP) is 0.451. The van der Waals surface area contributed by atoms with E-state index < -0.39 is 24.2 Å². The number of ether oxygens (including phenoxy) is 1. The molecule has 0 bridgehead atoms. The first-order valence-electron chi connectivity index (χ1n) is 6.10. The van der Waals surface area contributed by atoms with E-state index in [1.54, 1.807) is 31.2 Å². The molecule has 2 aromatic rings. The first-order chi connectivity index (χ1) is 9.54. The van der Waals surface area contributed by atoms with E-state index in [-0.39, 0.29) is 13.2 Å². The number of carboxylic acids is 1. The minimum absolute atomic E-state index is 0.224. The Bertz CT molecular complexity index is 713. The van der Waals surface area contributed by atoms with Crippen LogP contribution in [0.25, 0.3) is 11.0 Å². The first-order valence-corrected chi connectivity index (χ1v) is 6.10. The van der Waals surface area contributed by atoms with E-state index in [1.807, 2.05) is 0 Å².